The second-order valence-corrected chi connectivity index (χ2v) is 3.23. The summed E-state index contributed by atoms with van der Waals surface area (Å²) in [6.45, 7) is 0. The van der Waals surface area contributed by atoms with Crippen LogP contribution in [-0.2, 0) is 0 Å². The molecule has 1 aromatic heterocycles. The van der Waals surface area contributed by atoms with Crippen molar-refractivity contribution in [2.45, 2.75) is 0 Å². The highest BCUT2D eigenvalue weighted by Gasteiger charge is 1.93. The van der Waals surface area contributed by atoms with Crippen LogP contribution in [0.1, 0.15) is 5.56 Å². The van der Waals surface area contributed by atoms with Gasteiger partial charge in [-0.1, -0.05) is 41.6 Å². The van der Waals surface area contributed by atoms with Gasteiger partial charge in [-0.05, 0) is 18.2 Å². The van der Waals surface area contributed by atoms with Gasteiger partial charge in [0.1, 0.15) is 0 Å². The smallest absolute Gasteiger partial charge is 0.0702 e. The second-order valence-electron chi connectivity index (χ2n) is 2.98. The van der Waals surface area contributed by atoms with E-state index >= 15 is 0 Å². The number of fused-ring (bicyclic) bond motifs is 1. The van der Waals surface area contributed by atoms with Crippen LogP contribution in [0, 0.1) is 11.8 Å². The Morgan fingerprint density at radius 3 is 3.00 bits per heavy atom. The minimum atomic E-state index is 0.892. The SMILES string of the molecule is Cl/C=C/C#Cc1cnc2ccccc2c1. The topological polar surface area (TPSA) is 12.9 Å². The molecule has 0 atom stereocenters. The van der Waals surface area contributed by atoms with Gasteiger partial charge in [0.25, 0.3) is 0 Å². The van der Waals surface area contributed by atoms with Gasteiger partial charge < -0.3 is 0 Å². The molecule has 0 bridgehead atoms. The van der Waals surface area contributed by atoms with Crippen LogP contribution < -0.4 is 0 Å². The fraction of sp³-hybridized carbons (Fsp3) is 0. The molecule has 0 aliphatic heterocycles. The van der Waals surface area contributed by atoms with Gasteiger partial charge in [0.15, 0.2) is 0 Å². The molecular weight excluding hydrogens is 206 g/mol. The van der Waals surface area contributed by atoms with Gasteiger partial charge in [-0.2, -0.15) is 0 Å². The van der Waals surface area contributed by atoms with E-state index in [0.29, 0.717) is 0 Å². The molecule has 1 nitrogen and oxygen atoms in total. The molecule has 0 unspecified atom stereocenters. The van der Waals surface area contributed by atoms with Gasteiger partial charge in [-0.15, -0.1) is 0 Å². The lowest BCUT2D eigenvalue weighted by Crippen LogP contribution is -1.80. The molecule has 1 heterocycles. The van der Waals surface area contributed by atoms with Crippen LogP contribution in [0.5, 0.6) is 0 Å². The number of hydrogen-bond donors (Lipinski definition) is 0. The zero-order chi connectivity index (χ0) is 10.5. The second kappa shape index (κ2) is 4.63. The average molecular weight is 214 g/mol. The zero-order valence-electron chi connectivity index (χ0n) is 7.94. The fourth-order valence-electron chi connectivity index (χ4n) is 1.30. The van der Waals surface area contributed by atoms with E-state index in [2.05, 4.69) is 16.8 Å². The molecule has 0 aliphatic carbocycles. The molecule has 2 heteroatoms. The van der Waals surface area contributed by atoms with Gasteiger partial charge >= 0.3 is 0 Å². The van der Waals surface area contributed by atoms with Gasteiger partial charge in [-0.25, -0.2) is 0 Å². The van der Waals surface area contributed by atoms with Crippen LogP contribution >= 0.6 is 11.6 Å². The third-order valence-corrected chi connectivity index (χ3v) is 2.08. The van der Waals surface area contributed by atoms with Crippen LogP contribution in [0.15, 0.2) is 48.1 Å². The Morgan fingerprint density at radius 1 is 1.27 bits per heavy atom. The van der Waals surface area contributed by atoms with E-state index in [-0.39, 0.29) is 0 Å². The van der Waals surface area contributed by atoms with E-state index in [1.165, 1.54) is 5.54 Å². The number of allylic oxidation sites excluding steroid dienone is 1. The molecule has 2 aromatic rings. The van der Waals surface area contributed by atoms with Crippen LogP contribution in [0.4, 0.5) is 0 Å². The molecule has 0 radical (unpaired) electrons. The van der Waals surface area contributed by atoms with Crippen molar-refractivity contribution in [3.8, 4) is 11.8 Å². The predicted octanol–water partition coefficient (Wildman–Crippen LogP) is 3.34. The highest BCUT2D eigenvalue weighted by atomic mass is 35.5. The van der Waals surface area contributed by atoms with Crippen LogP contribution in [0.25, 0.3) is 10.9 Å². The predicted molar refractivity (Wildman–Crippen MR) is 63.6 cm³/mol. The largest absolute Gasteiger partial charge is 0.255 e. The summed E-state index contributed by atoms with van der Waals surface area (Å²) in [5.41, 5.74) is 3.26. The maximum atomic E-state index is 5.36. The average Bonchev–Trinajstić information content (AvgIpc) is 2.29. The number of pyridine rings is 1. The Morgan fingerprint density at radius 2 is 2.13 bits per heavy atom. The lowest BCUT2D eigenvalue weighted by molar-refractivity contribution is 1.39. The summed E-state index contributed by atoms with van der Waals surface area (Å²) in [7, 11) is 0. The van der Waals surface area contributed by atoms with E-state index in [9.17, 15) is 0 Å². The maximum Gasteiger partial charge on any atom is 0.0702 e. The van der Waals surface area contributed by atoms with E-state index in [0.717, 1.165) is 16.5 Å². The molecular formula is C13H8ClN. The minimum absolute atomic E-state index is 0.892. The fourth-order valence-corrected chi connectivity index (χ4v) is 1.36. The summed E-state index contributed by atoms with van der Waals surface area (Å²) >= 11 is 5.36. The van der Waals surface area contributed by atoms with E-state index in [1.54, 1.807) is 12.3 Å². The van der Waals surface area contributed by atoms with E-state index in [1.807, 2.05) is 30.3 Å². The summed E-state index contributed by atoms with van der Waals surface area (Å²) in [5.74, 6) is 5.77. The molecule has 15 heavy (non-hydrogen) atoms. The van der Waals surface area contributed by atoms with Crippen LogP contribution in [0.3, 0.4) is 0 Å². The zero-order valence-corrected chi connectivity index (χ0v) is 8.70. The first kappa shape index (κ1) is 9.76. The number of para-hydroxylation sites is 1. The summed E-state index contributed by atoms with van der Waals surface area (Å²) in [5, 5.41) is 1.10. The number of nitrogens with zero attached hydrogens (tertiary/aromatic N) is 1. The quantitative estimate of drug-likeness (QED) is 0.612. The van der Waals surface area contributed by atoms with Gasteiger partial charge in [0.2, 0.25) is 0 Å². The molecule has 0 fully saturated rings. The van der Waals surface area contributed by atoms with Crippen molar-refractivity contribution in [2.24, 2.45) is 0 Å². The number of hydrogen-bond acceptors (Lipinski definition) is 1. The number of rotatable bonds is 0. The standard InChI is InChI=1S/C13H8ClN/c14-8-4-3-5-11-9-12-6-1-2-7-13(12)15-10-11/h1-2,4,6-10H/b8-4+. The lowest BCUT2D eigenvalue weighted by Gasteiger charge is -1.95. The summed E-state index contributed by atoms with van der Waals surface area (Å²) in [4.78, 5) is 4.30. The minimum Gasteiger partial charge on any atom is -0.255 e. The van der Waals surface area contributed by atoms with Crippen molar-refractivity contribution >= 4 is 22.5 Å². The third-order valence-electron chi connectivity index (χ3n) is 1.95. The molecule has 0 N–H and O–H groups in total. The number of aromatic nitrogens is 1. The summed E-state index contributed by atoms with van der Waals surface area (Å²) in [6, 6.07) is 9.96. The van der Waals surface area contributed by atoms with Crippen molar-refractivity contribution in [1.29, 1.82) is 0 Å². The molecule has 2 rings (SSSR count). The van der Waals surface area contributed by atoms with Crippen molar-refractivity contribution in [1.82, 2.24) is 4.98 Å². The van der Waals surface area contributed by atoms with E-state index < -0.39 is 0 Å². The summed E-state index contributed by atoms with van der Waals surface area (Å²) < 4.78 is 0. The molecule has 0 spiro atoms. The summed E-state index contributed by atoms with van der Waals surface area (Å²) in [6.07, 6.45) is 3.36. The molecule has 0 saturated heterocycles. The normalized spacial score (nSPS) is 10.2. The Balaban J connectivity index is 2.44. The maximum absolute atomic E-state index is 5.36. The van der Waals surface area contributed by atoms with Crippen LogP contribution in [0.2, 0.25) is 0 Å². The molecule has 0 saturated carbocycles. The van der Waals surface area contributed by atoms with Gasteiger partial charge in [-0.3, -0.25) is 4.98 Å². The Bertz CT molecular complexity index is 561. The van der Waals surface area contributed by atoms with Crippen molar-refractivity contribution in [3.63, 3.8) is 0 Å². The molecule has 72 valence electrons. The van der Waals surface area contributed by atoms with E-state index in [4.69, 9.17) is 11.6 Å². The Hall–Kier alpha value is -1.78. The molecule has 0 amide bonds. The highest BCUT2D eigenvalue weighted by molar-refractivity contribution is 6.25. The molecule has 1 aromatic carbocycles. The van der Waals surface area contributed by atoms with Crippen molar-refractivity contribution in [2.75, 3.05) is 0 Å². The first-order valence-electron chi connectivity index (χ1n) is 4.52. The number of benzene rings is 1. The Kier molecular flexibility index (Phi) is 3.02. The molecule has 0 aliphatic rings. The lowest BCUT2D eigenvalue weighted by atomic mass is 10.2. The third kappa shape index (κ3) is 2.37. The van der Waals surface area contributed by atoms with Gasteiger partial charge in [0, 0.05) is 22.7 Å². The van der Waals surface area contributed by atoms with Crippen molar-refractivity contribution < 1.29 is 0 Å². The first-order chi connectivity index (χ1) is 7.40. The van der Waals surface area contributed by atoms with Crippen LogP contribution in [-0.4, -0.2) is 4.98 Å². The highest BCUT2D eigenvalue weighted by Crippen LogP contribution is 2.11. The monoisotopic (exact) mass is 213 g/mol. The van der Waals surface area contributed by atoms with Crippen molar-refractivity contribution in [3.05, 3.63) is 53.7 Å². The van der Waals surface area contributed by atoms with Gasteiger partial charge in [0.05, 0.1) is 5.52 Å². The first-order valence-corrected chi connectivity index (χ1v) is 4.95. The number of halogens is 1. The Labute approximate surface area is 93.4 Å².